The first-order chi connectivity index (χ1) is 15.2. The number of methoxy groups -OCH3 is 1. The van der Waals surface area contributed by atoms with E-state index < -0.39 is 6.09 Å². The van der Waals surface area contributed by atoms with Gasteiger partial charge in [0.05, 0.1) is 7.11 Å². The van der Waals surface area contributed by atoms with Crippen molar-refractivity contribution in [3.8, 4) is 0 Å². The summed E-state index contributed by atoms with van der Waals surface area (Å²) in [6, 6.07) is 15.2. The number of carbonyl (C=O) groups excluding carboxylic acids is 3. The van der Waals surface area contributed by atoms with Crippen LogP contribution in [-0.4, -0.2) is 25.0 Å². The van der Waals surface area contributed by atoms with Gasteiger partial charge in [-0.2, -0.15) is 0 Å². The predicted molar refractivity (Wildman–Crippen MR) is 133 cm³/mol. The van der Waals surface area contributed by atoms with Crippen LogP contribution in [0.25, 0.3) is 0 Å². The van der Waals surface area contributed by atoms with Gasteiger partial charge in [-0.25, -0.2) is 4.79 Å². The SMILES string of the molecule is CC(=O)NC(=O)c1ccc(CC(C)(C)C)cc1.COC(=O)Nc1ccc(CC(C)(C)C)cc1. The summed E-state index contributed by atoms with van der Waals surface area (Å²) in [4.78, 5) is 33.2. The second-order valence-corrected chi connectivity index (χ2v) is 10.5. The van der Waals surface area contributed by atoms with E-state index in [4.69, 9.17) is 0 Å². The largest absolute Gasteiger partial charge is 0.453 e. The summed E-state index contributed by atoms with van der Waals surface area (Å²) in [6.45, 7) is 14.4. The summed E-state index contributed by atoms with van der Waals surface area (Å²) in [6.07, 6.45) is 1.54. The number of nitrogens with one attached hydrogen (secondary N) is 2. The van der Waals surface area contributed by atoms with Crippen LogP contribution in [0.2, 0.25) is 0 Å². The first kappa shape index (κ1) is 27.9. The molecule has 2 aromatic rings. The first-order valence-electron chi connectivity index (χ1n) is 11.0. The number of anilines is 1. The van der Waals surface area contributed by atoms with Crippen molar-refractivity contribution < 1.29 is 19.1 Å². The van der Waals surface area contributed by atoms with Crippen molar-refractivity contribution in [2.75, 3.05) is 12.4 Å². The fourth-order valence-electron chi connectivity index (χ4n) is 3.11. The Balaban J connectivity index is 0.000000331. The van der Waals surface area contributed by atoms with Gasteiger partial charge in [-0.15, -0.1) is 0 Å². The fraction of sp³-hybridized carbons (Fsp3) is 0.444. The minimum absolute atomic E-state index is 0.225. The summed E-state index contributed by atoms with van der Waals surface area (Å²) in [7, 11) is 1.35. The van der Waals surface area contributed by atoms with E-state index >= 15 is 0 Å². The van der Waals surface area contributed by atoms with Crippen LogP contribution in [0.1, 0.15) is 70.0 Å². The van der Waals surface area contributed by atoms with Crippen molar-refractivity contribution in [2.45, 2.75) is 61.3 Å². The zero-order valence-electron chi connectivity index (χ0n) is 21.2. The highest BCUT2D eigenvalue weighted by atomic mass is 16.5. The van der Waals surface area contributed by atoms with Gasteiger partial charge in [0.25, 0.3) is 5.91 Å². The van der Waals surface area contributed by atoms with E-state index in [0.717, 1.165) is 18.5 Å². The van der Waals surface area contributed by atoms with Crippen molar-refractivity contribution in [1.82, 2.24) is 5.32 Å². The summed E-state index contributed by atoms with van der Waals surface area (Å²) >= 11 is 0. The molecule has 2 rings (SSSR count). The molecular formula is C27H38N2O4. The average molecular weight is 455 g/mol. The molecule has 0 atom stereocenters. The Morgan fingerprint density at radius 1 is 0.758 bits per heavy atom. The van der Waals surface area contributed by atoms with Gasteiger partial charge in [0.15, 0.2) is 0 Å². The van der Waals surface area contributed by atoms with Crippen molar-refractivity contribution in [3.63, 3.8) is 0 Å². The lowest BCUT2D eigenvalue weighted by Gasteiger charge is -2.18. The second kappa shape index (κ2) is 12.2. The predicted octanol–water partition coefficient (Wildman–Crippen LogP) is 6.01. The van der Waals surface area contributed by atoms with Crippen LogP contribution in [-0.2, 0) is 22.4 Å². The molecule has 180 valence electrons. The highest BCUT2D eigenvalue weighted by Crippen LogP contribution is 2.22. The van der Waals surface area contributed by atoms with Gasteiger partial charge in [-0.05, 0) is 59.1 Å². The Bertz CT molecular complexity index is 919. The third-order valence-electron chi connectivity index (χ3n) is 4.36. The van der Waals surface area contributed by atoms with Crippen molar-refractivity contribution in [3.05, 3.63) is 65.2 Å². The van der Waals surface area contributed by atoms with Gasteiger partial charge >= 0.3 is 6.09 Å². The quantitative estimate of drug-likeness (QED) is 0.593. The third kappa shape index (κ3) is 12.5. The summed E-state index contributed by atoms with van der Waals surface area (Å²) in [5.74, 6) is -0.687. The Kier molecular flexibility index (Phi) is 10.3. The molecule has 0 radical (unpaired) electrons. The van der Waals surface area contributed by atoms with Crippen LogP contribution in [0.5, 0.6) is 0 Å². The van der Waals surface area contributed by atoms with E-state index in [1.165, 1.54) is 25.2 Å². The van der Waals surface area contributed by atoms with Gasteiger partial charge in [0, 0.05) is 18.2 Å². The molecule has 0 unspecified atom stereocenters. The maximum absolute atomic E-state index is 11.5. The van der Waals surface area contributed by atoms with Gasteiger partial charge in [0.2, 0.25) is 5.91 Å². The molecule has 0 aliphatic rings. The second-order valence-electron chi connectivity index (χ2n) is 10.5. The molecule has 6 heteroatoms. The van der Waals surface area contributed by atoms with Crippen LogP contribution < -0.4 is 10.6 Å². The zero-order valence-corrected chi connectivity index (χ0v) is 21.2. The van der Waals surface area contributed by atoms with Crippen LogP contribution >= 0.6 is 0 Å². The molecule has 3 amide bonds. The first-order valence-corrected chi connectivity index (χ1v) is 11.0. The molecule has 0 bridgehead atoms. The highest BCUT2D eigenvalue weighted by molar-refractivity contribution is 6.04. The van der Waals surface area contributed by atoms with E-state index in [-0.39, 0.29) is 22.6 Å². The van der Waals surface area contributed by atoms with Gasteiger partial charge < -0.3 is 4.74 Å². The lowest BCUT2D eigenvalue weighted by molar-refractivity contribution is -0.118. The molecule has 2 aromatic carbocycles. The molecular weight excluding hydrogens is 416 g/mol. The molecule has 2 N–H and O–H groups in total. The molecule has 33 heavy (non-hydrogen) atoms. The van der Waals surface area contributed by atoms with E-state index in [0.29, 0.717) is 5.56 Å². The molecule has 0 saturated heterocycles. The van der Waals surface area contributed by atoms with Crippen molar-refractivity contribution in [1.29, 1.82) is 0 Å². The minimum Gasteiger partial charge on any atom is -0.453 e. The van der Waals surface area contributed by atoms with E-state index in [1.54, 1.807) is 12.1 Å². The molecule has 0 fully saturated rings. The van der Waals surface area contributed by atoms with Crippen molar-refractivity contribution in [2.24, 2.45) is 10.8 Å². The van der Waals surface area contributed by atoms with Crippen LogP contribution in [0.4, 0.5) is 10.5 Å². The Morgan fingerprint density at radius 2 is 1.18 bits per heavy atom. The van der Waals surface area contributed by atoms with Crippen LogP contribution in [0.15, 0.2) is 48.5 Å². The average Bonchev–Trinajstić information content (AvgIpc) is 2.67. The number of rotatable bonds is 4. The van der Waals surface area contributed by atoms with Crippen LogP contribution in [0, 0.1) is 10.8 Å². The van der Waals surface area contributed by atoms with E-state index in [9.17, 15) is 14.4 Å². The van der Waals surface area contributed by atoms with Crippen molar-refractivity contribution >= 4 is 23.6 Å². The van der Waals surface area contributed by atoms with Gasteiger partial charge in [-0.3, -0.25) is 20.2 Å². The summed E-state index contributed by atoms with van der Waals surface area (Å²) in [5.41, 5.74) is 4.22. The smallest absolute Gasteiger partial charge is 0.411 e. The van der Waals surface area contributed by atoms with E-state index in [2.05, 4.69) is 56.9 Å². The van der Waals surface area contributed by atoms with Gasteiger partial charge in [0.1, 0.15) is 0 Å². The number of ether oxygens (including phenoxy) is 1. The van der Waals surface area contributed by atoms with Gasteiger partial charge in [-0.1, -0.05) is 65.8 Å². The molecule has 0 spiro atoms. The molecule has 0 heterocycles. The Hall–Kier alpha value is -3.15. The lowest BCUT2D eigenvalue weighted by Crippen LogP contribution is -2.27. The molecule has 0 aliphatic carbocycles. The number of hydrogen-bond donors (Lipinski definition) is 2. The molecule has 0 saturated carbocycles. The standard InChI is InChI=1S/C14H19NO2.C13H19NO2/c1-10(16)15-13(17)12-7-5-11(6-8-12)9-14(2,3)4;1-13(2,3)9-10-5-7-11(8-6-10)14-12(15)16-4/h5-8H,9H2,1-4H3,(H,15,16,17);5-8H,9H2,1-4H3,(H,14,15). The summed E-state index contributed by atoms with van der Waals surface area (Å²) in [5, 5.41) is 4.87. The Labute approximate surface area is 198 Å². The number of hydrogen-bond acceptors (Lipinski definition) is 4. The summed E-state index contributed by atoms with van der Waals surface area (Å²) < 4.78 is 4.51. The monoisotopic (exact) mass is 454 g/mol. The number of imide groups is 1. The maximum atomic E-state index is 11.5. The third-order valence-corrected chi connectivity index (χ3v) is 4.36. The topological polar surface area (TPSA) is 84.5 Å². The Morgan fingerprint density at radius 3 is 1.55 bits per heavy atom. The number of amides is 3. The fourth-order valence-corrected chi connectivity index (χ4v) is 3.11. The number of benzene rings is 2. The van der Waals surface area contributed by atoms with E-state index in [1.807, 2.05) is 36.4 Å². The normalized spacial score (nSPS) is 11.0. The highest BCUT2D eigenvalue weighted by Gasteiger charge is 2.13. The molecule has 0 aliphatic heterocycles. The zero-order chi connectivity index (χ0) is 25.2. The maximum Gasteiger partial charge on any atom is 0.411 e. The number of carbonyl (C=O) groups is 3. The minimum atomic E-state index is -0.441. The lowest BCUT2D eigenvalue weighted by atomic mass is 9.88. The molecule has 6 nitrogen and oxygen atoms in total. The molecule has 0 aromatic heterocycles. The van der Waals surface area contributed by atoms with Crippen LogP contribution in [0.3, 0.4) is 0 Å².